The van der Waals surface area contributed by atoms with Crippen molar-refractivity contribution in [3.63, 3.8) is 0 Å². The Hall–Kier alpha value is -0.810. The summed E-state index contributed by atoms with van der Waals surface area (Å²) in [6.07, 6.45) is 1.53. The minimum Gasteiger partial charge on any atom is -0.411 e. The number of carbonyl (C=O) groups excluding carboxylic acids is 1. The molecule has 0 heterocycles. The molecule has 0 aromatic carbocycles. The van der Waals surface area contributed by atoms with Crippen LogP contribution in [0.3, 0.4) is 0 Å². The quantitative estimate of drug-likeness (QED) is 0.233. The third kappa shape index (κ3) is 9.19. The molecule has 5 nitrogen and oxygen atoms in total. The predicted molar refractivity (Wildman–Crippen MR) is 44.2 cm³/mol. The largest absolute Gasteiger partial charge is 0.411 e. The van der Waals surface area contributed by atoms with Crippen LogP contribution in [-0.4, -0.2) is 30.4 Å². The van der Waals surface area contributed by atoms with Gasteiger partial charge in [-0.25, -0.2) is 0 Å². The normalized spacial score (nSPS) is 9.18. The molecule has 6 heteroatoms. The van der Waals surface area contributed by atoms with Crippen molar-refractivity contribution in [2.24, 2.45) is 10.9 Å². The molecule has 0 fully saturated rings. The van der Waals surface area contributed by atoms with Gasteiger partial charge in [0.25, 0.3) is 5.91 Å². The standard InChI is InChI=1S/C5H11N3O2.ClH/c6-2-1-3-7-5(9)4-8-10;/h4,10H,1-3,6H2,(H,7,9);1H. The number of hydrogen-bond acceptors (Lipinski definition) is 4. The van der Waals surface area contributed by atoms with Crippen molar-refractivity contribution in [2.75, 3.05) is 13.1 Å². The highest BCUT2D eigenvalue weighted by atomic mass is 35.5. The molecule has 0 aliphatic rings. The first-order valence-corrected chi connectivity index (χ1v) is 2.96. The number of rotatable bonds is 4. The van der Waals surface area contributed by atoms with Gasteiger partial charge < -0.3 is 16.3 Å². The van der Waals surface area contributed by atoms with Crippen molar-refractivity contribution < 1.29 is 10.0 Å². The highest BCUT2D eigenvalue weighted by Crippen LogP contribution is 1.68. The van der Waals surface area contributed by atoms with Gasteiger partial charge in [-0.3, -0.25) is 4.79 Å². The first-order chi connectivity index (χ1) is 4.81. The van der Waals surface area contributed by atoms with Crippen LogP contribution < -0.4 is 11.1 Å². The van der Waals surface area contributed by atoms with E-state index in [1.807, 2.05) is 0 Å². The maximum Gasteiger partial charge on any atom is 0.265 e. The van der Waals surface area contributed by atoms with E-state index in [1.54, 1.807) is 0 Å². The number of oxime groups is 1. The van der Waals surface area contributed by atoms with E-state index in [1.165, 1.54) is 0 Å². The summed E-state index contributed by atoms with van der Waals surface area (Å²) in [5.74, 6) is -0.407. The lowest BCUT2D eigenvalue weighted by molar-refractivity contribution is -0.114. The highest BCUT2D eigenvalue weighted by Gasteiger charge is 1.92. The summed E-state index contributed by atoms with van der Waals surface area (Å²) in [5, 5.41) is 12.9. The van der Waals surface area contributed by atoms with Gasteiger partial charge in [0.1, 0.15) is 6.21 Å². The number of hydrogen-bond donors (Lipinski definition) is 3. The summed E-state index contributed by atoms with van der Waals surface area (Å²) in [4.78, 5) is 10.5. The van der Waals surface area contributed by atoms with Crippen LogP contribution in [0.4, 0.5) is 0 Å². The molecule has 0 radical (unpaired) electrons. The molecule has 0 rings (SSSR count). The van der Waals surface area contributed by atoms with E-state index in [9.17, 15) is 4.79 Å². The van der Waals surface area contributed by atoms with Gasteiger partial charge in [0.05, 0.1) is 0 Å². The van der Waals surface area contributed by atoms with E-state index in [0.717, 1.165) is 12.6 Å². The fraction of sp³-hybridized carbons (Fsp3) is 0.600. The van der Waals surface area contributed by atoms with Crippen LogP contribution in [0, 0.1) is 0 Å². The van der Waals surface area contributed by atoms with Crippen molar-refractivity contribution in [1.29, 1.82) is 0 Å². The molecule has 0 unspecified atom stereocenters. The number of halogens is 1. The summed E-state index contributed by atoms with van der Waals surface area (Å²) < 4.78 is 0. The Labute approximate surface area is 71.0 Å². The summed E-state index contributed by atoms with van der Waals surface area (Å²) >= 11 is 0. The van der Waals surface area contributed by atoms with E-state index in [0.29, 0.717) is 13.1 Å². The maximum absolute atomic E-state index is 10.5. The van der Waals surface area contributed by atoms with Gasteiger partial charge in [-0.15, -0.1) is 12.4 Å². The van der Waals surface area contributed by atoms with Crippen molar-refractivity contribution in [3.8, 4) is 0 Å². The minimum absolute atomic E-state index is 0. The van der Waals surface area contributed by atoms with E-state index in [4.69, 9.17) is 10.9 Å². The monoisotopic (exact) mass is 181 g/mol. The van der Waals surface area contributed by atoms with Gasteiger partial charge in [-0.1, -0.05) is 5.16 Å². The second-order valence-electron chi connectivity index (χ2n) is 1.68. The summed E-state index contributed by atoms with van der Waals surface area (Å²) in [7, 11) is 0. The molecule has 0 aromatic heterocycles. The van der Waals surface area contributed by atoms with Crippen LogP contribution in [0.15, 0.2) is 5.16 Å². The fourth-order valence-corrected chi connectivity index (χ4v) is 0.412. The summed E-state index contributed by atoms with van der Waals surface area (Å²) in [6, 6.07) is 0. The Balaban J connectivity index is 0. The fourth-order valence-electron chi connectivity index (χ4n) is 0.412. The number of nitrogens with two attached hydrogens (primary N) is 1. The number of nitrogens with one attached hydrogen (secondary N) is 1. The van der Waals surface area contributed by atoms with Crippen LogP contribution in [0.1, 0.15) is 6.42 Å². The van der Waals surface area contributed by atoms with Gasteiger partial charge in [-0.2, -0.15) is 0 Å². The zero-order valence-electron chi connectivity index (χ0n) is 5.99. The Morgan fingerprint density at radius 1 is 1.73 bits per heavy atom. The number of carbonyl (C=O) groups is 1. The molecule has 0 saturated carbocycles. The van der Waals surface area contributed by atoms with Crippen LogP contribution in [-0.2, 0) is 4.79 Å². The predicted octanol–water partition coefficient (Wildman–Crippen LogP) is -0.667. The lowest BCUT2D eigenvalue weighted by Gasteiger charge is -1.96. The third-order valence-corrected chi connectivity index (χ3v) is 0.855. The van der Waals surface area contributed by atoms with Crippen molar-refractivity contribution in [2.45, 2.75) is 6.42 Å². The first kappa shape index (κ1) is 12.8. The van der Waals surface area contributed by atoms with Gasteiger partial charge in [0, 0.05) is 6.54 Å². The molecule has 0 bridgehead atoms. The molecule has 0 spiro atoms. The van der Waals surface area contributed by atoms with Crippen LogP contribution in [0.2, 0.25) is 0 Å². The molecule has 0 aliphatic carbocycles. The molecular weight excluding hydrogens is 170 g/mol. The van der Waals surface area contributed by atoms with Crippen LogP contribution in [0.5, 0.6) is 0 Å². The van der Waals surface area contributed by atoms with Crippen molar-refractivity contribution >= 4 is 24.5 Å². The summed E-state index contributed by atoms with van der Waals surface area (Å²) in [6.45, 7) is 1.05. The molecule has 0 saturated heterocycles. The molecule has 4 N–H and O–H groups in total. The first-order valence-electron chi connectivity index (χ1n) is 2.96. The smallest absolute Gasteiger partial charge is 0.265 e. The number of amides is 1. The molecule has 66 valence electrons. The van der Waals surface area contributed by atoms with Crippen molar-refractivity contribution in [3.05, 3.63) is 0 Å². The van der Waals surface area contributed by atoms with Gasteiger partial charge in [0.2, 0.25) is 0 Å². The Bertz CT molecular complexity index is 129. The van der Waals surface area contributed by atoms with Gasteiger partial charge >= 0.3 is 0 Å². The zero-order valence-corrected chi connectivity index (χ0v) is 6.80. The Kier molecular flexibility index (Phi) is 10.7. The van der Waals surface area contributed by atoms with Crippen molar-refractivity contribution in [1.82, 2.24) is 5.32 Å². The SMILES string of the molecule is Cl.NCCCNC(=O)C=NO. The molecule has 0 atom stereocenters. The molecule has 1 amide bonds. The van der Waals surface area contributed by atoms with E-state index in [2.05, 4.69) is 10.5 Å². The molecule has 0 aliphatic heterocycles. The third-order valence-electron chi connectivity index (χ3n) is 0.855. The Morgan fingerprint density at radius 2 is 2.36 bits per heavy atom. The minimum atomic E-state index is -0.407. The zero-order chi connectivity index (χ0) is 7.82. The van der Waals surface area contributed by atoms with E-state index < -0.39 is 5.91 Å². The summed E-state index contributed by atoms with van der Waals surface area (Å²) in [5.41, 5.74) is 5.15. The van der Waals surface area contributed by atoms with Gasteiger partial charge in [-0.05, 0) is 13.0 Å². The van der Waals surface area contributed by atoms with E-state index >= 15 is 0 Å². The van der Waals surface area contributed by atoms with Gasteiger partial charge in [0.15, 0.2) is 0 Å². The molecular formula is C5H12ClN3O2. The average molecular weight is 182 g/mol. The highest BCUT2D eigenvalue weighted by molar-refractivity contribution is 6.25. The second-order valence-corrected chi connectivity index (χ2v) is 1.68. The van der Waals surface area contributed by atoms with Crippen LogP contribution >= 0.6 is 12.4 Å². The topological polar surface area (TPSA) is 87.7 Å². The molecule has 11 heavy (non-hydrogen) atoms. The average Bonchev–Trinajstić information content (AvgIpc) is 1.89. The number of nitrogens with zero attached hydrogens (tertiary/aromatic N) is 1. The second kappa shape index (κ2) is 9.19. The lowest BCUT2D eigenvalue weighted by Crippen LogP contribution is -2.26. The van der Waals surface area contributed by atoms with Crippen LogP contribution in [0.25, 0.3) is 0 Å². The Morgan fingerprint density at radius 3 is 2.82 bits per heavy atom. The van der Waals surface area contributed by atoms with E-state index in [-0.39, 0.29) is 12.4 Å². The lowest BCUT2D eigenvalue weighted by atomic mass is 10.4. The maximum atomic E-state index is 10.5. The molecule has 0 aromatic rings.